The molecule has 2 aromatic carbocycles. The first-order chi connectivity index (χ1) is 14.0. The number of methoxy groups -OCH3 is 1. The number of rotatable bonds is 6. The third-order valence-corrected chi connectivity index (χ3v) is 5.08. The summed E-state index contributed by atoms with van der Waals surface area (Å²) in [5, 5.41) is 3.34. The zero-order valence-electron chi connectivity index (χ0n) is 16.2. The average Bonchev–Trinajstić information content (AvgIpc) is 2.73. The first kappa shape index (κ1) is 21.1. The van der Waals surface area contributed by atoms with E-state index < -0.39 is 0 Å². The number of halogens is 2. The second-order valence-electron chi connectivity index (χ2n) is 6.78. The fourth-order valence-corrected chi connectivity index (χ4v) is 3.37. The van der Waals surface area contributed by atoms with Crippen LogP contribution in [0.5, 0.6) is 5.75 Å². The number of anilines is 1. The van der Waals surface area contributed by atoms with Crippen LogP contribution in [0.3, 0.4) is 0 Å². The lowest BCUT2D eigenvalue weighted by Crippen LogP contribution is -2.49. The summed E-state index contributed by atoms with van der Waals surface area (Å²) in [4.78, 5) is 28.7. The predicted octanol–water partition coefficient (Wildman–Crippen LogP) is 3.27. The van der Waals surface area contributed by atoms with Gasteiger partial charge < -0.3 is 15.0 Å². The largest absolute Gasteiger partial charge is 0.495 e. The summed E-state index contributed by atoms with van der Waals surface area (Å²) in [6.45, 7) is 3.09. The Bertz CT molecular complexity index is 868. The van der Waals surface area contributed by atoms with Gasteiger partial charge in [0.2, 0.25) is 5.91 Å². The minimum Gasteiger partial charge on any atom is -0.495 e. The number of hydrogen-bond acceptors (Lipinski definition) is 4. The monoisotopic (exact) mass is 419 g/mol. The molecule has 0 aromatic heterocycles. The summed E-state index contributed by atoms with van der Waals surface area (Å²) in [7, 11) is 1.53. The fourth-order valence-electron chi connectivity index (χ4n) is 3.20. The van der Waals surface area contributed by atoms with E-state index in [2.05, 4.69) is 10.2 Å². The number of carbonyl (C=O) groups excluding carboxylic acids is 2. The van der Waals surface area contributed by atoms with Crippen molar-refractivity contribution in [2.45, 2.75) is 6.42 Å². The number of amides is 2. The van der Waals surface area contributed by atoms with Gasteiger partial charge in [0.15, 0.2) is 0 Å². The van der Waals surface area contributed by atoms with Gasteiger partial charge in [0, 0.05) is 49.7 Å². The van der Waals surface area contributed by atoms with E-state index in [-0.39, 0.29) is 17.6 Å². The minimum atomic E-state index is -0.361. The molecule has 154 valence electrons. The summed E-state index contributed by atoms with van der Waals surface area (Å²) in [5.74, 6) is -0.0402. The standard InChI is InChI=1S/C21H23ClFN3O3/c1-29-19-7-4-16(22)14-18(19)24-20(27)8-9-25-10-12-26(13-11-25)21(28)15-2-5-17(23)6-3-15/h2-7,14H,8-13H2,1H3,(H,24,27). The van der Waals surface area contributed by atoms with E-state index in [0.29, 0.717) is 61.2 Å². The molecule has 1 saturated heterocycles. The van der Waals surface area contributed by atoms with E-state index in [9.17, 15) is 14.0 Å². The maximum absolute atomic E-state index is 13.0. The summed E-state index contributed by atoms with van der Waals surface area (Å²) in [6, 6.07) is 10.6. The number of benzene rings is 2. The Hall–Kier alpha value is -2.64. The normalized spacial score (nSPS) is 14.5. The minimum absolute atomic E-state index is 0.101. The SMILES string of the molecule is COc1ccc(Cl)cc1NC(=O)CCN1CCN(C(=O)c2ccc(F)cc2)CC1. The molecule has 29 heavy (non-hydrogen) atoms. The van der Waals surface area contributed by atoms with Crippen LogP contribution in [-0.4, -0.2) is 61.4 Å². The van der Waals surface area contributed by atoms with E-state index >= 15 is 0 Å². The molecule has 0 bridgehead atoms. The fraction of sp³-hybridized carbons (Fsp3) is 0.333. The highest BCUT2D eigenvalue weighted by Crippen LogP contribution is 2.27. The Labute approximate surface area is 174 Å². The van der Waals surface area contributed by atoms with Crippen molar-refractivity contribution < 1.29 is 18.7 Å². The predicted molar refractivity (Wildman–Crippen MR) is 110 cm³/mol. The van der Waals surface area contributed by atoms with E-state index in [1.165, 1.54) is 31.4 Å². The lowest BCUT2D eigenvalue weighted by Gasteiger charge is -2.34. The average molecular weight is 420 g/mol. The third-order valence-electron chi connectivity index (χ3n) is 4.84. The van der Waals surface area contributed by atoms with Gasteiger partial charge in [-0.15, -0.1) is 0 Å². The smallest absolute Gasteiger partial charge is 0.253 e. The van der Waals surface area contributed by atoms with Crippen LogP contribution in [-0.2, 0) is 4.79 Å². The van der Waals surface area contributed by atoms with Crippen LogP contribution in [0.2, 0.25) is 5.02 Å². The van der Waals surface area contributed by atoms with Gasteiger partial charge in [-0.3, -0.25) is 14.5 Å². The Morgan fingerprint density at radius 1 is 1.10 bits per heavy atom. The molecule has 6 nitrogen and oxygen atoms in total. The Morgan fingerprint density at radius 2 is 1.79 bits per heavy atom. The summed E-state index contributed by atoms with van der Waals surface area (Å²) < 4.78 is 18.2. The van der Waals surface area contributed by atoms with Gasteiger partial charge in [-0.05, 0) is 42.5 Å². The number of hydrogen-bond donors (Lipinski definition) is 1. The zero-order chi connectivity index (χ0) is 20.8. The molecule has 0 aliphatic carbocycles. The molecule has 1 heterocycles. The molecular weight excluding hydrogens is 397 g/mol. The quantitative estimate of drug-likeness (QED) is 0.780. The molecule has 1 aliphatic rings. The van der Waals surface area contributed by atoms with Crippen molar-refractivity contribution in [3.8, 4) is 5.75 Å². The maximum Gasteiger partial charge on any atom is 0.253 e. The first-order valence-electron chi connectivity index (χ1n) is 9.37. The van der Waals surface area contributed by atoms with Gasteiger partial charge in [-0.2, -0.15) is 0 Å². The van der Waals surface area contributed by atoms with E-state index in [4.69, 9.17) is 16.3 Å². The molecule has 2 aromatic rings. The highest BCUT2D eigenvalue weighted by molar-refractivity contribution is 6.31. The van der Waals surface area contributed by atoms with Gasteiger partial charge in [-0.25, -0.2) is 4.39 Å². The number of ether oxygens (including phenoxy) is 1. The van der Waals surface area contributed by atoms with Crippen molar-refractivity contribution in [2.75, 3.05) is 45.2 Å². The molecule has 1 N–H and O–H groups in total. The van der Waals surface area contributed by atoms with Crippen molar-refractivity contribution in [1.82, 2.24) is 9.80 Å². The van der Waals surface area contributed by atoms with Crippen LogP contribution >= 0.6 is 11.6 Å². The van der Waals surface area contributed by atoms with Gasteiger partial charge in [0.25, 0.3) is 5.91 Å². The van der Waals surface area contributed by atoms with Crippen LogP contribution in [0.4, 0.5) is 10.1 Å². The highest BCUT2D eigenvalue weighted by atomic mass is 35.5. The molecule has 3 rings (SSSR count). The Kier molecular flexibility index (Phi) is 7.06. The second-order valence-corrected chi connectivity index (χ2v) is 7.22. The number of piperazine rings is 1. The van der Waals surface area contributed by atoms with Gasteiger partial charge in [-0.1, -0.05) is 11.6 Å². The van der Waals surface area contributed by atoms with Crippen LogP contribution in [0.15, 0.2) is 42.5 Å². The molecule has 0 unspecified atom stereocenters. The molecule has 0 radical (unpaired) electrons. The molecule has 0 saturated carbocycles. The lowest BCUT2D eigenvalue weighted by atomic mass is 10.1. The molecule has 2 amide bonds. The van der Waals surface area contributed by atoms with Crippen LogP contribution in [0, 0.1) is 5.82 Å². The van der Waals surface area contributed by atoms with Crippen molar-refractivity contribution in [1.29, 1.82) is 0 Å². The number of carbonyl (C=O) groups is 2. The van der Waals surface area contributed by atoms with Crippen LogP contribution in [0.25, 0.3) is 0 Å². The molecule has 1 fully saturated rings. The highest BCUT2D eigenvalue weighted by Gasteiger charge is 2.22. The summed E-state index contributed by atoms with van der Waals surface area (Å²) in [6.07, 6.45) is 0.321. The molecule has 0 spiro atoms. The third kappa shape index (κ3) is 5.68. The van der Waals surface area contributed by atoms with Crippen molar-refractivity contribution in [3.05, 3.63) is 58.9 Å². The molecular formula is C21H23ClFN3O3. The molecule has 0 atom stereocenters. The van der Waals surface area contributed by atoms with E-state index in [0.717, 1.165) is 0 Å². The Morgan fingerprint density at radius 3 is 2.45 bits per heavy atom. The van der Waals surface area contributed by atoms with Gasteiger partial charge in [0.1, 0.15) is 11.6 Å². The van der Waals surface area contributed by atoms with Gasteiger partial charge in [0.05, 0.1) is 12.8 Å². The zero-order valence-corrected chi connectivity index (χ0v) is 16.9. The van der Waals surface area contributed by atoms with E-state index in [1.54, 1.807) is 23.1 Å². The Balaban J connectivity index is 1.45. The summed E-state index contributed by atoms with van der Waals surface area (Å²) >= 11 is 5.98. The van der Waals surface area contributed by atoms with Gasteiger partial charge >= 0.3 is 0 Å². The first-order valence-corrected chi connectivity index (χ1v) is 9.74. The maximum atomic E-state index is 13.0. The molecule has 1 aliphatic heterocycles. The number of nitrogens with zero attached hydrogens (tertiary/aromatic N) is 2. The number of nitrogens with one attached hydrogen (secondary N) is 1. The lowest BCUT2D eigenvalue weighted by molar-refractivity contribution is -0.116. The molecule has 8 heteroatoms. The van der Waals surface area contributed by atoms with Crippen LogP contribution < -0.4 is 10.1 Å². The topological polar surface area (TPSA) is 61.9 Å². The van der Waals surface area contributed by atoms with Crippen molar-refractivity contribution in [2.24, 2.45) is 0 Å². The summed E-state index contributed by atoms with van der Waals surface area (Å²) in [5.41, 5.74) is 1.02. The second kappa shape index (κ2) is 9.71. The van der Waals surface area contributed by atoms with Crippen molar-refractivity contribution >= 4 is 29.1 Å². The van der Waals surface area contributed by atoms with E-state index in [1.807, 2.05) is 0 Å². The van der Waals surface area contributed by atoms with Crippen LogP contribution in [0.1, 0.15) is 16.8 Å². The van der Waals surface area contributed by atoms with Crippen molar-refractivity contribution in [3.63, 3.8) is 0 Å².